The van der Waals surface area contributed by atoms with E-state index in [1.807, 2.05) is 6.92 Å². The van der Waals surface area contributed by atoms with E-state index in [1.54, 1.807) is 42.5 Å². The molecule has 2 aromatic carbocycles. The van der Waals surface area contributed by atoms with Crippen molar-refractivity contribution in [3.8, 4) is 11.5 Å². The fourth-order valence-electron chi connectivity index (χ4n) is 4.94. The van der Waals surface area contributed by atoms with Gasteiger partial charge in [0.15, 0.2) is 11.5 Å². The second-order valence-corrected chi connectivity index (χ2v) is 10.6. The molecular formula is C24H30N2O5S. The number of amides is 1. The monoisotopic (exact) mass is 458 g/mol. The van der Waals surface area contributed by atoms with Crippen LogP contribution in [0.15, 0.2) is 47.4 Å². The number of fused-ring (bicyclic) bond motifs is 2. The van der Waals surface area contributed by atoms with Gasteiger partial charge in [0.2, 0.25) is 5.91 Å². The lowest BCUT2D eigenvalue weighted by Crippen LogP contribution is -2.46. The first-order valence-corrected chi connectivity index (χ1v) is 12.4. The van der Waals surface area contributed by atoms with Crippen LogP contribution in [0.4, 0.5) is 5.69 Å². The maximum Gasteiger partial charge on any atom is 0.264 e. The van der Waals surface area contributed by atoms with E-state index in [0.717, 1.165) is 29.1 Å². The number of rotatable bonds is 8. The average Bonchev–Trinajstić information content (AvgIpc) is 3.40. The van der Waals surface area contributed by atoms with Crippen LogP contribution >= 0.6 is 0 Å². The smallest absolute Gasteiger partial charge is 0.264 e. The number of nitrogens with zero attached hydrogens (tertiary/aromatic N) is 1. The number of nitrogens with one attached hydrogen (secondary N) is 1. The van der Waals surface area contributed by atoms with Crippen molar-refractivity contribution in [1.29, 1.82) is 0 Å². The van der Waals surface area contributed by atoms with Gasteiger partial charge in [-0.3, -0.25) is 9.10 Å². The fourth-order valence-corrected chi connectivity index (χ4v) is 6.35. The highest BCUT2D eigenvalue weighted by Crippen LogP contribution is 2.44. The van der Waals surface area contributed by atoms with E-state index in [9.17, 15) is 13.2 Å². The van der Waals surface area contributed by atoms with Crippen molar-refractivity contribution in [3.05, 3.63) is 48.0 Å². The minimum atomic E-state index is -3.98. The number of carbonyl (C=O) groups excluding carboxylic acids is 1. The van der Waals surface area contributed by atoms with E-state index in [-0.39, 0.29) is 23.4 Å². The number of ether oxygens (including phenoxy) is 2. The van der Waals surface area contributed by atoms with Crippen molar-refractivity contribution in [3.63, 3.8) is 0 Å². The molecule has 3 atom stereocenters. The minimum absolute atomic E-state index is 0.130. The summed E-state index contributed by atoms with van der Waals surface area (Å²) < 4.78 is 38.9. The van der Waals surface area contributed by atoms with Crippen molar-refractivity contribution in [2.75, 3.05) is 25.1 Å². The molecule has 7 nitrogen and oxygen atoms in total. The summed E-state index contributed by atoms with van der Waals surface area (Å²) in [6.45, 7) is 1.59. The molecule has 4 rings (SSSR count). The van der Waals surface area contributed by atoms with Gasteiger partial charge in [-0.15, -0.1) is 0 Å². The third-order valence-corrected chi connectivity index (χ3v) is 8.42. The second kappa shape index (κ2) is 9.02. The molecule has 172 valence electrons. The molecule has 2 fully saturated rings. The van der Waals surface area contributed by atoms with Crippen molar-refractivity contribution < 1.29 is 22.7 Å². The van der Waals surface area contributed by atoms with Crippen molar-refractivity contribution in [2.45, 2.75) is 43.5 Å². The Bertz CT molecular complexity index is 1080. The number of sulfonamides is 1. The van der Waals surface area contributed by atoms with E-state index in [2.05, 4.69) is 5.32 Å². The predicted molar refractivity (Wildman–Crippen MR) is 123 cm³/mol. The van der Waals surface area contributed by atoms with E-state index in [4.69, 9.17) is 9.47 Å². The number of methoxy groups -OCH3 is 2. The number of anilines is 1. The zero-order chi connectivity index (χ0) is 22.9. The first-order valence-electron chi connectivity index (χ1n) is 10.9. The summed E-state index contributed by atoms with van der Waals surface area (Å²) in [4.78, 5) is 13.1. The maximum atomic E-state index is 13.6. The van der Waals surface area contributed by atoms with Gasteiger partial charge in [0, 0.05) is 12.1 Å². The summed E-state index contributed by atoms with van der Waals surface area (Å²) in [5.41, 5.74) is 1.29. The molecule has 2 aliphatic rings. The lowest BCUT2D eigenvalue weighted by atomic mass is 9.95. The Labute approximate surface area is 189 Å². The fraction of sp³-hybridized carbons (Fsp3) is 0.458. The molecule has 0 heterocycles. The minimum Gasteiger partial charge on any atom is -0.493 e. The van der Waals surface area contributed by atoms with Gasteiger partial charge in [0.05, 0.1) is 24.8 Å². The summed E-state index contributed by atoms with van der Waals surface area (Å²) in [7, 11) is -0.975. The number of hydrogen-bond acceptors (Lipinski definition) is 5. The summed E-state index contributed by atoms with van der Waals surface area (Å²) in [5, 5.41) is 3.09. The molecule has 1 amide bonds. The normalized spacial score (nSPS) is 21.9. The topological polar surface area (TPSA) is 84.9 Å². The van der Waals surface area contributed by atoms with Crippen LogP contribution in [-0.4, -0.2) is 41.1 Å². The van der Waals surface area contributed by atoms with Gasteiger partial charge in [0.25, 0.3) is 10.0 Å². The lowest BCUT2D eigenvalue weighted by Gasteiger charge is -2.27. The van der Waals surface area contributed by atoms with Crippen LogP contribution in [0, 0.1) is 18.8 Å². The first-order chi connectivity index (χ1) is 15.3. The van der Waals surface area contributed by atoms with Crippen LogP contribution in [0.1, 0.15) is 31.2 Å². The molecule has 1 N–H and O–H groups in total. The molecule has 0 spiro atoms. The molecule has 0 aromatic heterocycles. The Morgan fingerprint density at radius 1 is 1.03 bits per heavy atom. The van der Waals surface area contributed by atoms with E-state index in [1.165, 1.54) is 20.6 Å². The van der Waals surface area contributed by atoms with Gasteiger partial charge < -0.3 is 14.8 Å². The van der Waals surface area contributed by atoms with Gasteiger partial charge in [0.1, 0.15) is 6.54 Å². The van der Waals surface area contributed by atoms with Crippen molar-refractivity contribution in [2.24, 2.45) is 11.8 Å². The Hall–Kier alpha value is -2.74. The highest BCUT2D eigenvalue weighted by atomic mass is 32.2. The number of hydrogen-bond donors (Lipinski definition) is 1. The van der Waals surface area contributed by atoms with Gasteiger partial charge in [-0.1, -0.05) is 24.1 Å². The largest absolute Gasteiger partial charge is 0.493 e. The van der Waals surface area contributed by atoms with Crippen molar-refractivity contribution >= 4 is 21.6 Å². The summed E-state index contributed by atoms with van der Waals surface area (Å²) in [6.07, 6.45) is 4.51. The van der Waals surface area contributed by atoms with Gasteiger partial charge >= 0.3 is 0 Å². The second-order valence-electron chi connectivity index (χ2n) is 8.71. The molecule has 0 radical (unpaired) electrons. The SMILES string of the molecule is COc1ccc(N(CC(=O)N[C@H]2C[C@H]3CC[C@H]2C3)S(=O)(=O)c2ccc(C)cc2)cc1OC. The number of carbonyl (C=O) groups is 1. The molecule has 2 bridgehead atoms. The molecule has 32 heavy (non-hydrogen) atoms. The third kappa shape index (κ3) is 4.41. The molecule has 2 aromatic rings. The Kier molecular flexibility index (Phi) is 6.33. The third-order valence-electron chi connectivity index (χ3n) is 6.64. The Balaban J connectivity index is 1.64. The van der Waals surface area contributed by atoms with E-state index >= 15 is 0 Å². The zero-order valence-electron chi connectivity index (χ0n) is 18.7. The molecule has 0 aliphatic heterocycles. The highest BCUT2D eigenvalue weighted by Gasteiger charge is 2.40. The molecule has 8 heteroatoms. The average molecular weight is 459 g/mol. The highest BCUT2D eigenvalue weighted by molar-refractivity contribution is 7.92. The standard InChI is InChI=1S/C24H30N2O5S/c1-16-4-9-20(10-5-16)32(28,29)26(19-8-11-22(30-2)23(14-19)31-3)15-24(27)25-21-13-17-6-7-18(21)12-17/h4-5,8-11,14,17-18,21H,6-7,12-13,15H2,1-3H3,(H,25,27)/t17-,18-,21-/m0/s1. The Morgan fingerprint density at radius 2 is 1.75 bits per heavy atom. The molecule has 0 unspecified atom stereocenters. The van der Waals surface area contributed by atoms with E-state index in [0.29, 0.717) is 29.0 Å². The molecular weight excluding hydrogens is 428 g/mol. The van der Waals surface area contributed by atoms with Gasteiger partial charge in [-0.25, -0.2) is 8.42 Å². The van der Waals surface area contributed by atoms with Crippen LogP contribution < -0.4 is 19.1 Å². The lowest BCUT2D eigenvalue weighted by molar-refractivity contribution is -0.120. The van der Waals surface area contributed by atoms with Crippen LogP contribution in [0.25, 0.3) is 0 Å². The number of aryl methyl sites for hydroxylation is 1. The predicted octanol–water partition coefficient (Wildman–Crippen LogP) is 3.51. The molecule has 2 aliphatic carbocycles. The Morgan fingerprint density at radius 3 is 2.34 bits per heavy atom. The summed E-state index contributed by atoms with van der Waals surface area (Å²) in [6, 6.07) is 11.6. The van der Waals surface area contributed by atoms with Crippen LogP contribution in [0.5, 0.6) is 11.5 Å². The molecule has 2 saturated carbocycles. The van der Waals surface area contributed by atoms with Gasteiger partial charge in [-0.2, -0.15) is 0 Å². The van der Waals surface area contributed by atoms with Crippen LogP contribution in [0.3, 0.4) is 0 Å². The first kappa shape index (κ1) is 22.5. The number of benzene rings is 2. The quantitative estimate of drug-likeness (QED) is 0.654. The zero-order valence-corrected chi connectivity index (χ0v) is 19.5. The van der Waals surface area contributed by atoms with Crippen molar-refractivity contribution in [1.82, 2.24) is 5.32 Å². The summed E-state index contributed by atoms with van der Waals surface area (Å²) >= 11 is 0. The molecule has 0 saturated heterocycles. The summed E-state index contributed by atoms with van der Waals surface area (Å²) in [5.74, 6) is 1.77. The van der Waals surface area contributed by atoms with Crippen LogP contribution in [0.2, 0.25) is 0 Å². The van der Waals surface area contributed by atoms with Gasteiger partial charge in [-0.05, 0) is 62.3 Å². The van der Waals surface area contributed by atoms with E-state index < -0.39 is 10.0 Å². The van der Waals surface area contributed by atoms with Crippen LogP contribution in [-0.2, 0) is 14.8 Å². The maximum absolute atomic E-state index is 13.6.